The number of benzene rings is 1. The lowest BCUT2D eigenvalue weighted by Crippen LogP contribution is -2.25. The van der Waals surface area contributed by atoms with Gasteiger partial charge in [-0.25, -0.2) is 13.4 Å². The van der Waals surface area contributed by atoms with Gasteiger partial charge in [-0.15, -0.1) is 11.3 Å². The molecule has 1 aromatic carbocycles. The van der Waals surface area contributed by atoms with E-state index >= 15 is 0 Å². The number of nitrogens with zero attached hydrogens (tertiary/aromatic N) is 2. The van der Waals surface area contributed by atoms with Gasteiger partial charge in [0.2, 0.25) is 0 Å². The molecule has 0 aliphatic rings. The molecule has 0 bridgehead atoms. The van der Waals surface area contributed by atoms with Gasteiger partial charge in [0.15, 0.2) is 5.13 Å². The van der Waals surface area contributed by atoms with Gasteiger partial charge < -0.3 is 0 Å². The first-order valence-corrected chi connectivity index (χ1v) is 9.46. The molecular formula is C15H19N3O4S2. The van der Waals surface area contributed by atoms with Gasteiger partial charge in [0.05, 0.1) is 17.7 Å². The van der Waals surface area contributed by atoms with Crippen molar-refractivity contribution in [2.75, 3.05) is 19.5 Å². The van der Waals surface area contributed by atoms with Crippen molar-refractivity contribution in [1.82, 2.24) is 9.45 Å². The molecule has 0 radical (unpaired) electrons. The van der Waals surface area contributed by atoms with E-state index in [2.05, 4.69) is 10.3 Å². The van der Waals surface area contributed by atoms with Crippen molar-refractivity contribution in [2.45, 2.75) is 25.2 Å². The summed E-state index contributed by atoms with van der Waals surface area (Å²) in [5, 5.41) is 3.26. The number of hydroxylamine groups is 1. The summed E-state index contributed by atoms with van der Waals surface area (Å²) in [4.78, 5) is 22.4. The molecule has 0 saturated carbocycles. The maximum absolute atomic E-state index is 12.2. The van der Waals surface area contributed by atoms with Gasteiger partial charge in [-0.2, -0.15) is 0 Å². The third kappa shape index (κ3) is 3.81. The lowest BCUT2D eigenvalue weighted by molar-refractivity contribution is -0.0258. The van der Waals surface area contributed by atoms with Crippen LogP contribution in [0.3, 0.4) is 0 Å². The van der Waals surface area contributed by atoms with Crippen molar-refractivity contribution in [3.63, 3.8) is 0 Å². The number of thiazole rings is 1. The minimum Gasteiger partial charge on any atom is -0.298 e. The van der Waals surface area contributed by atoms with Crippen LogP contribution in [0.4, 0.5) is 5.13 Å². The van der Waals surface area contributed by atoms with Gasteiger partial charge in [-0.3, -0.25) is 14.9 Å². The molecule has 0 fully saturated rings. The van der Waals surface area contributed by atoms with Crippen LogP contribution in [0.25, 0.3) is 0 Å². The van der Waals surface area contributed by atoms with Crippen LogP contribution in [0.15, 0.2) is 29.2 Å². The second-order valence-electron chi connectivity index (χ2n) is 4.95. The maximum atomic E-state index is 12.2. The largest absolute Gasteiger partial charge is 0.298 e. The number of rotatable bonds is 6. The Hall–Kier alpha value is -1.81. The van der Waals surface area contributed by atoms with Crippen molar-refractivity contribution in [3.8, 4) is 0 Å². The second-order valence-corrected chi connectivity index (χ2v) is 8.09. The fraction of sp³-hybridized carbons (Fsp3) is 0.333. The zero-order valence-electron chi connectivity index (χ0n) is 13.9. The number of nitrogens with one attached hydrogen (secondary N) is 1. The van der Waals surface area contributed by atoms with Crippen LogP contribution >= 0.6 is 11.3 Å². The predicted molar refractivity (Wildman–Crippen MR) is 92.6 cm³/mol. The third-order valence-electron chi connectivity index (χ3n) is 3.46. The summed E-state index contributed by atoms with van der Waals surface area (Å²) < 4.78 is 25.0. The Bertz CT molecular complexity index is 829. The maximum Gasteiger partial charge on any atom is 0.264 e. The molecule has 1 heterocycles. The average molecular weight is 369 g/mol. The lowest BCUT2D eigenvalue weighted by Gasteiger charge is -2.14. The molecule has 0 aliphatic heterocycles. The van der Waals surface area contributed by atoms with Crippen LogP contribution in [0.1, 0.15) is 27.9 Å². The van der Waals surface area contributed by atoms with E-state index < -0.39 is 10.0 Å². The smallest absolute Gasteiger partial charge is 0.264 e. The van der Waals surface area contributed by atoms with E-state index in [0.29, 0.717) is 10.7 Å². The van der Waals surface area contributed by atoms with Gasteiger partial charge in [-0.05, 0) is 37.6 Å². The Balaban J connectivity index is 2.16. The molecule has 9 heteroatoms. The molecule has 1 N–H and O–H groups in total. The highest BCUT2D eigenvalue weighted by molar-refractivity contribution is 7.89. The predicted octanol–water partition coefficient (Wildman–Crippen LogP) is 2.45. The van der Waals surface area contributed by atoms with Crippen molar-refractivity contribution >= 4 is 32.4 Å². The fourth-order valence-electron chi connectivity index (χ4n) is 2.00. The van der Waals surface area contributed by atoms with Crippen LogP contribution < -0.4 is 5.32 Å². The highest BCUT2D eigenvalue weighted by Crippen LogP contribution is 2.23. The lowest BCUT2D eigenvalue weighted by atomic mass is 10.2. The fourth-order valence-corrected chi connectivity index (χ4v) is 3.87. The molecule has 1 aromatic heterocycles. The zero-order chi connectivity index (χ0) is 17.9. The quantitative estimate of drug-likeness (QED) is 0.790. The monoisotopic (exact) mass is 369 g/mol. The SMILES string of the molecule is CCc1nc(NC(=O)c2ccc(S(=O)(=O)N(C)OC)cc2)sc1C. The van der Waals surface area contributed by atoms with Gasteiger partial charge >= 0.3 is 0 Å². The third-order valence-corrected chi connectivity index (χ3v) is 6.08. The Morgan fingerprint density at radius 1 is 1.33 bits per heavy atom. The molecule has 0 saturated heterocycles. The van der Waals surface area contributed by atoms with Crippen molar-refractivity contribution in [2.24, 2.45) is 0 Å². The topological polar surface area (TPSA) is 88.6 Å². The molecule has 1 amide bonds. The van der Waals surface area contributed by atoms with E-state index in [1.54, 1.807) is 0 Å². The molecule has 2 aromatic rings. The molecule has 0 unspecified atom stereocenters. The molecule has 24 heavy (non-hydrogen) atoms. The number of aromatic nitrogens is 1. The molecule has 0 spiro atoms. The summed E-state index contributed by atoms with van der Waals surface area (Å²) in [6, 6.07) is 5.63. The summed E-state index contributed by atoms with van der Waals surface area (Å²) in [6.45, 7) is 3.96. The number of anilines is 1. The van der Waals surface area contributed by atoms with E-state index in [9.17, 15) is 13.2 Å². The van der Waals surface area contributed by atoms with Crippen molar-refractivity contribution in [3.05, 3.63) is 40.4 Å². The average Bonchev–Trinajstić information content (AvgIpc) is 2.93. The van der Waals surface area contributed by atoms with Crippen LogP contribution in [-0.4, -0.2) is 37.9 Å². The van der Waals surface area contributed by atoms with E-state index in [0.717, 1.165) is 21.5 Å². The Labute approximate surface area is 145 Å². The van der Waals surface area contributed by atoms with Crippen LogP contribution in [0, 0.1) is 6.92 Å². The van der Waals surface area contributed by atoms with Gasteiger partial charge in [0.1, 0.15) is 0 Å². The summed E-state index contributed by atoms with van der Waals surface area (Å²) >= 11 is 1.41. The number of hydrogen-bond donors (Lipinski definition) is 1. The minimum atomic E-state index is -3.73. The number of sulfonamides is 1. The number of carbonyl (C=O) groups is 1. The van der Waals surface area contributed by atoms with Crippen molar-refractivity contribution in [1.29, 1.82) is 0 Å². The molecular weight excluding hydrogens is 350 g/mol. The number of hydrogen-bond acceptors (Lipinski definition) is 6. The van der Waals surface area contributed by atoms with Gasteiger partial charge in [-0.1, -0.05) is 11.4 Å². The van der Waals surface area contributed by atoms with E-state index in [4.69, 9.17) is 4.84 Å². The highest BCUT2D eigenvalue weighted by Gasteiger charge is 2.21. The standard InChI is InChI=1S/C15H19N3O4S2/c1-5-13-10(2)23-15(16-13)17-14(19)11-6-8-12(9-7-11)24(20,21)18(3)22-4/h6-9H,5H2,1-4H3,(H,16,17,19). The second kappa shape index (κ2) is 7.39. The van der Waals surface area contributed by atoms with Crippen LogP contribution in [-0.2, 0) is 21.3 Å². The normalized spacial score (nSPS) is 11.7. The van der Waals surface area contributed by atoms with Crippen LogP contribution in [0.5, 0.6) is 0 Å². The first-order valence-electron chi connectivity index (χ1n) is 7.20. The number of aryl methyl sites for hydroxylation is 2. The van der Waals surface area contributed by atoms with Crippen molar-refractivity contribution < 1.29 is 18.0 Å². The summed E-state index contributed by atoms with van der Waals surface area (Å²) in [7, 11) is -1.17. The first kappa shape index (κ1) is 18.5. The Morgan fingerprint density at radius 3 is 2.46 bits per heavy atom. The van der Waals surface area contributed by atoms with Crippen LogP contribution in [0.2, 0.25) is 0 Å². The zero-order valence-corrected chi connectivity index (χ0v) is 15.5. The molecule has 130 valence electrons. The molecule has 0 aliphatic carbocycles. The number of carbonyl (C=O) groups excluding carboxylic acids is 1. The Kier molecular flexibility index (Phi) is 5.70. The molecule has 0 atom stereocenters. The highest BCUT2D eigenvalue weighted by atomic mass is 32.2. The molecule has 2 rings (SSSR count). The van der Waals surface area contributed by atoms with E-state index in [1.807, 2.05) is 13.8 Å². The summed E-state index contributed by atoms with van der Waals surface area (Å²) in [5.41, 5.74) is 1.30. The minimum absolute atomic E-state index is 0.0433. The Morgan fingerprint density at radius 2 is 1.96 bits per heavy atom. The van der Waals surface area contributed by atoms with Gasteiger partial charge in [0.25, 0.3) is 15.9 Å². The number of amides is 1. The van der Waals surface area contributed by atoms with Gasteiger partial charge in [0, 0.05) is 17.5 Å². The van der Waals surface area contributed by atoms with E-state index in [1.165, 1.54) is 49.8 Å². The van der Waals surface area contributed by atoms with E-state index in [-0.39, 0.29) is 10.8 Å². The first-order chi connectivity index (χ1) is 11.3. The summed E-state index contributed by atoms with van der Waals surface area (Å²) in [6.07, 6.45) is 0.803. The summed E-state index contributed by atoms with van der Waals surface area (Å²) in [5.74, 6) is -0.338. The molecule has 7 nitrogen and oxygen atoms in total.